The van der Waals surface area contributed by atoms with Crippen LogP contribution in [0.5, 0.6) is 5.75 Å². The molecule has 0 spiro atoms. The highest BCUT2D eigenvalue weighted by atomic mass is 16.5. The molecule has 14 heavy (non-hydrogen) atoms. The van der Waals surface area contributed by atoms with E-state index in [9.17, 15) is 4.79 Å². The lowest BCUT2D eigenvalue weighted by Crippen LogP contribution is -2.15. The van der Waals surface area contributed by atoms with Crippen molar-refractivity contribution < 1.29 is 9.53 Å². The highest BCUT2D eigenvalue weighted by Crippen LogP contribution is 2.25. The Morgan fingerprint density at radius 2 is 2.36 bits per heavy atom. The van der Waals surface area contributed by atoms with Crippen molar-refractivity contribution in [2.24, 2.45) is 5.73 Å². The number of Topliss-reactive ketones (excluding diaryl/α,β-unsaturated/α-hetero) is 1. The maximum atomic E-state index is 11.3. The Labute approximate surface area is 82.9 Å². The monoisotopic (exact) mass is 191 g/mol. The van der Waals surface area contributed by atoms with E-state index in [1.54, 1.807) is 6.07 Å². The maximum absolute atomic E-state index is 11.3. The average Bonchev–Trinajstić information content (AvgIpc) is 2.27. The molecule has 0 saturated carbocycles. The van der Waals surface area contributed by atoms with Crippen LogP contribution in [-0.2, 0) is 6.42 Å². The van der Waals surface area contributed by atoms with Crippen LogP contribution in [0, 0.1) is 0 Å². The molecule has 3 heteroatoms. The predicted molar refractivity (Wildman–Crippen MR) is 53.6 cm³/mol. The largest absolute Gasteiger partial charge is 0.493 e. The van der Waals surface area contributed by atoms with Gasteiger partial charge in [0.1, 0.15) is 5.75 Å². The lowest BCUT2D eigenvalue weighted by molar-refractivity contribution is 0.100. The molecule has 0 unspecified atom stereocenters. The maximum Gasteiger partial charge on any atom is 0.176 e. The smallest absolute Gasteiger partial charge is 0.176 e. The second-order valence-corrected chi connectivity index (χ2v) is 3.40. The molecule has 0 amide bonds. The number of ether oxygens (including phenoxy) is 1. The van der Waals surface area contributed by atoms with Crippen LogP contribution in [0.15, 0.2) is 18.2 Å². The van der Waals surface area contributed by atoms with E-state index < -0.39 is 0 Å². The molecule has 0 bridgehead atoms. The fourth-order valence-corrected chi connectivity index (χ4v) is 1.63. The van der Waals surface area contributed by atoms with E-state index in [1.165, 1.54) is 5.56 Å². The first-order valence-corrected chi connectivity index (χ1v) is 4.80. The van der Waals surface area contributed by atoms with Crippen LogP contribution < -0.4 is 10.5 Å². The van der Waals surface area contributed by atoms with Crippen molar-refractivity contribution in [3.8, 4) is 5.75 Å². The first-order valence-electron chi connectivity index (χ1n) is 4.80. The van der Waals surface area contributed by atoms with Crippen LogP contribution in [0.4, 0.5) is 0 Å². The lowest BCUT2D eigenvalue weighted by Gasteiger charge is -2.17. The normalized spacial score (nSPS) is 14.4. The zero-order valence-corrected chi connectivity index (χ0v) is 7.95. The quantitative estimate of drug-likeness (QED) is 0.713. The van der Waals surface area contributed by atoms with Gasteiger partial charge in [-0.2, -0.15) is 0 Å². The summed E-state index contributed by atoms with van der Waals surface area (Å²) in [5.74, 6) is 0.803. The molecule has 0 fully saturated rings. The van der Waals surface area contributed by atoms with Crippen LogP contribution in [0.25, 0.3) is 0 Å². The van der Waals surface area contributed by atoms with Crippen molar-refractivity contribution in [1.29, 1.82) is 0 Å². The number of carbonyl (C=O) groups is 1. The highest BCUT2D eigenvalue weighted by Gasteiger charge is 2.12. The molecule has 1 aliphatic heterocycles. The summed E-state index contributed by atoms with van der Waals surface area (Å²) in [5, 5.41) is 0. The van der Waals surface area contributed by atoms with Gasteiger partial charge in [-0.05, 0) is 24.5 Å². The van der Waals surface area contributed by atoms with Crippen molar-refractivity contribution in [2.45, 2.75) is 12.8 Å². The van der Waals surface area contributed by atoms with E-state index in [2.05, 4.69) is 0 Å². The van der Waals surface area contributed by atoms with E-state index in [0.29, 0.717) is 5.56 Å². The predicted octanol–water partition coefficient (Wildman–Crippen LogP) is 1.15. The van der Waals surface area contributed by atoms with Crippen LogP contribution in [0.1, 0.15) is 22.3 Å². The van der Waals surface area contributed by atoms with Crippen LogP contribution in [0.2, 0.25) is 0 Å². The lowest BCUT2D eigenvalue weighted by atomic mass is 10.0. The molecule has 0 atom stereocenters. The number of hydrogen-bond donors (Lipinski definition) is 1. The minimum absolute atomic E-state index is 0.0398. The molecule has 1 aromatic rings. The summed E-state index contributed by atoms with van der Waals surface area (Å²) in [6.07, 6.45) is 2.09. The summed E-state index contributed by atoms with van der Waals surface area (Å²) in [6.45, 7) is 0.798. The molecular formula is C11H13NO2. The van der Waals surface area contributed by atoms with Crippen molar-refractivity contribution in [2.75, 3.05) is 13.2 Å². The average molecular weight is 191 g/mol. The number of nitrogens with two attached hydrogens (primary N) is 1. The summed E-state index contributed by atoms with van der Waals surface area (Å²) in [4.78, 5) is 11.3. The van der Waals surface area contributed by atoms with Crippen LogP contribution in [-0.4, -0.2) is 18.9 Å². The van der Waals surface area contributed by atoms with Crippen LogP contribution in [0.3, 0.4) is 0 Å². The van der Waals surface area contributed by atoms with Crippen molar-refractivity contribution in [1.82, 2.24) is 0 Å². The molecule has 1 aromatic carbocycles. The minimum Gasteiger partial charge on any atom is -0.493 e. The van der Waals surface area contributed by atoms with Gasteiger partial charge in [0.2, 0.25) is 0 Å². The molecule has 0 radical (unpaired) electrons. The molecule has 2 N–H and O–H groups in total. The number of aryl methyl sites for hydroxylation is 1. The minimum atomic E-state index is -0.0398. The topological polar surface area (TPSA) is 52.3 Å². The number of benzene rings is 1. The number of ketones is 1. The molecule has 0 aromatic heterocycles. The number of carbonyl (C=O) groups excluding carboxylic acids is 1. The van der Waals surface area contributed by atoms with E-state index in [1.807, 2.05) is 12.1 Å². The standard InChI is InChI=1S/C11H13NO2/c12-7-10(13)9-4-3-8-2-1-5-14-11(8)6-9/h3-4,6H,1-2,5,7,12H2. The molecule has 1 heterocycles. The van der Waals surface area contributed by atoms with Crippen molar-refractivity contribution >= 4 is 5.78 Å². The highest BCUT2D eigenvalue weighted by molar-refractivity contribution is 5.97. The summed E-state index contributed by atoms with van der Waals surface area (Å²) < 4.78 is 5.47. The number of rotatable bonds is 2. The second kappa shape index (κ2) is 3.80. The molecule has 1 aliphatic rings. The fraction of sp³-hybridized carbons (Fsp3) is 0.364. The van der Waals surface area contributed by atoms with Gasteiger partial charge in [-0.15, -0.1) is 0 Å². The number of fused-ring (bicyclic) bond motifs is 1. The number of hydrogen-bond acceptors (Lipinski definition) is 3. The van der Waals surface area contributed by atoms with Gasteiger partial charge in [-0.1, -0.05) is 12.1 Å². The van der Waals surface area contributed by atoms with E-state index in [-0.39, 0.29) is 12.3 Å². The Morgan fingerprint density at radius 1 is 1.50 bits per heavy atom. The Hall–Kier alpha value is -1.35. The summed E-state index contributed by atoms with van der Waals surface area (Å²) in [5.41, 5.74) is 7.12. The zero-order chi connectivity index (χ0) is 9.97. The molecular weight excluding hydrogens is 178 g/mol. The van der Waals surface area contributed by atoms with Crippen LogP contribution >= 0.6 is 0 Å². The molecule has 0 aliphatic carbocycles. The fourth-order valence-electron chi connectivity index (χ4n) is 1.63. The molecule has 0 saturated heterocycles. The first kappa shape index (κ1) is 9.21. The Bertz CT molecular complexity index is 360. The van der Waals surface area contributed by atoms with Gasteiger partial charge in [-0.25, -0.2) is 0 Å². The third-order valence-electron chi connectivity index (χ3n) is 2.42. The summed E-state index contributed by atoms with van der Waals surface area (Å²) in [6, 6.07) is 5.57. The van der Waals surface area contributed by atoms with Gasteiger partial charge < -0.3 is 10.5 Å². The van der Waals surface area contributed by atoms with Gasteiger partial charge in [0, 0.05) is 5.56 Å². The molecule has 74 valence electrons. The Balaban J connectivity index is 2.33. The van der Waals surface area contributed by atoms with Crippen molar-refractivity contribution in [3.05, 3.63) is 29.3 Å². The van der Waals surface area contributed by atoms with Crippen molar-refractivity contribution in [3.63, 3.8) is 0 Å². The molecule has 2 rings (SSSR count). The van der Waals surface area contributed by atoms with Gasteiger partial charge in [0.05, 0.1) is 13.2 Å². The zero-order valence-electron chi connectivity index (χ0n) is 7.95. The second-order valence-electron chi connectivity index (χ2n) is 3.40. The Kier molecular flexibility index (Phi) is 2.50. The van der Waals surface area contributed by atoms with Gasteiger partial charge in [0.25, 0.3) is 0 Å². The van der Waals surface area contributed by atoms with Gasteiger partial charge in [-0.3, -0.25) is 4.79 Å². The Morgan fingerprint density at radius 3 is 3.14 bits per heavy atom. The SMILES string of the molecule is NCC(=O)c1ccc2c(c1)OCCC2. The van der Waals surface area contributed by atoms with Gasteiger partial charge in [0.15, 0.2) is 5.78 Å². The first-order chi connectivity index (χ1) is 6.81. The third kappa shape index (κ3) is 1.63. The van der Waals surface area contributed by atoms with E-state index >= 15 is 0 Å². The molecule has 3 nitrogen and oxygen atoms in total. The summed E-state index contributed by atoms with van der Waals surface area (Å²) in [7, 11) is 0. The van der Waals surface area contributed by atoms with Gasteiger partial charge >= 0.3 is 0 Å². The third-order valence-corrected chi connectivity index (χ3v) is 2.42. The van der Waals surface area contributed by atoms with E-state index in [4.69, 9.17) is 10.5 Å². The van der Waals surface area contributed by atoms with E-state index in [0.717, 1.165) is 25.2 Å². The summed E-state index contributed by atoms with van der Waals surface area (Å²) >= 11 is 0.